The lowest BCUT2D eigenvalue weighted by molar-refractivity contribution is -0.161. The lowest BCUT2D eigenvalue weighted by Crippen LogP contribution is -2.30. The van der Waals surface area contributed by atoms with Crippen LogP contribution in [0.5, 0.6) is 0 Å². The van der Waals surface area contributed by atoms with Crippen molar-refractivity contribution in [3.8, 4) is 0 Å². The number of phosphoric acid groups is 2. The monoisotopic (exact) mass is 1490 g/mol. The quantitative estimate of drug-likeness (QED) is 0.0222. The van der Waals surface area contributed by atoms with Crippen LogP contribution in [0.2, 0.25) is 0 Å². The Morgan fingerprint density at radius 3 is 0.667 bits per heavy atom. The van der Waals surface area contributed by atoms with E-state index in [1.807, 2.05) is 0 Å². The summed E-state index contributed by atoms with van der Waals surface area (Å²) in [5.41, 5.74) is 0. The number of rotatable bonds is 82. The molecule has 0 heterocycles. The first-order valence-electron chi connectivity index (χ1n) is 43.0. The van der Waals surface area contributed by atoms with Crippen LogP contribution in [-0.2, 0) is 65.4 Å². The van der Waals surface area contributed by atoms with Gasteiger partial charge in [-0.1, -0.05) is 388 Å². The highest BCUT2D eigenvalue weighted by molar-refractivity contribution is 7.47. The van der Waals surface area contributed by atoms with E-state index in [2.05, 4.69) is 41.5 Å². The predicted octanol–water partition coefficient (Wildman–Crippen LogP) is 25.1. The molecule has 3 N–H and O–H groups in total. The van der Waals surface area contributed by atoms with E-state index in [-0.39, 0.29) is 25.7 Å². The molecule has 0 spiro atoms. The highest BCUT2D eigenvalue weighted by Gasteiger charge is 2.30. The molecule has 0 saturated carbocycles. The SMILES string of the molecule is CCCCCCCCCCCCCCCCCCCCCCCC(=O)O[C@H](COC(=O)CCCCCCCCCCCCCCCCCCCCC)COP(=O)(O)OC[C@@H](O)COP(=O)(O)OC[C@@H](COC(=O)CCCCCCCCCC(C)C)OC(=O)CCCCCCCCCCCC(C)C. The molecule has 0 aromatic heterocycles. The molecular weight excluding hydrogens is 1330 g/mol. The zero-order valence-electron chi connectivity index (χ0n) is 66.9. The first kappa shape index (κ1) is 100. The van der Waals surface area contributed by atoms with Crippen LogP contribution in [0.25, 0.3) is 0 Å². The molecule has 0 radical (unpaired) electrons. The van der Waals surface area contributed by atoms with E-state index in [1.54, 1.807) is 0 Å². The van der Waals surface area contributed by atoms with Gasteiger partial charge >= 0.3 is 39.5 Å². The van der Waals surface area contributed by atoms with E-state index < -0.39 is 97.5 Å². The van der Waals surface area contributed by atoms with Crippen molar-refractivity contribution in [1.82, 2.24) is 0 Å². The van der Waals surface area contributed by atoms with E-state index >= 15 is 0 Å². The second-order valence-corrected chi connectivity index (χ2v) is 33.7. The zero-order valence-corrected chi connectivity index (χ0v) is 68.7. The number of hydrogen-bond acceptors (Lipinski definition) is 15. The topological polar surface area (TPSA) is 237 Å². The summed E-state index contributed by atoms with van der Waals surface area (Å²) in [6, 6.07) is 0. The first-order chi connectivity index (χ1) is 49.4. The Labute approximate surface area is 626 Å². The molecule has 0 aromatic rings. The van der Waals surface area contributed by atoms with Gasteiger partial charge in [-0.3, -0.25) is 37.3 Å². The summed E-state index contributed by atoms with van der Waals surface area (Å²) in [7, 11) is -9.92. The fourth-order valence-electron chi connectivity index (χ4n) is 12.9. The Morgan fingerprint density at radius 2 is 0.451 bits per heavy atom. The van der Waals surface area contributed by atoms with Crippen LogP contribution in [0.1, 0.15) is 440 Å². The van der Waals surface area contributed by atoms with Crippen molar-refractivity contribution in [2.24, 2.45) is 11.8 Å². The van der Waals surface area contributed by atoms with Gasteiger partial charge in [0.05, 0.1) is 26.4 Å². The number of carbonyl (C=O) groups excluding carboxylic acids is 4. The van der Waals surface area contributed by atoms with Crippen molar-refractivity contribution in [3.05, 3.63) is 0 Å². The molecule has 17 nitrogen and oxygen atoms in total. The minimum atomic E-state index is -4.96. The molecular formula is C83H162O17P2. The molecule has 0 saturated heterocycles. The number of phosphoric ester groups is 2. The van der Waals surface area contributed by atoms with Gasteiger partial charge < -0.3 is 33.8 Å². The number of carbonyl (C=O) groups is 4. The summed E-state index contributed by atoms with van der Waals surface area (Å²) in [6.45, 7) is 9.56. The molecule has 0 aliphatic carbocycles. The molecule has 0 aromatic carbocycles. The summed E-state index contributed by atoms with van der Waals surface area (Å²) in [5, 5.41) is 10.6. The maximum absolute atomic E-state index is 13.1. The van der Waals surface area contributed by atoms with Gasteiger partial charge in [0.25, 0.3) is 0 Å². The van der Waals surface area contributed by atoms with Crippen molar-refractivity contribution in [2.45, 2.75) is 458 Å². The molecule has 2 unspecified atom stereocenters. The number of esters is 4. The number of unbranched alkanes of at least 4 members (excludes halogenated alkanes) is 52. The summed E-state index contributed by atoms with van der Waals surface area (Å²) in [6.07, 6.45) is 65.6. The third kappa shape index (κ3) is 76.3. The van der Waals surface area contributed by atoms with Crippen molar-refractivity contribution in [1.29, 1.82) is 0 Å². The number of aliphatic hydroxyl groups excluding tert-OH is 1. The van der Waals surface area contributed by atoms with Gasteiger partial charge in [-0.2, -0.15) is 0 Å². The Bertz CT molecular complexity index is 1960. The van der Waals surface area contributed by atoms with Crippen LogP contribution in [0.3, 0.4) is 0 Å². The van der Waals surface area contributed by atoms with Gasteiger partial charge in [-0.25, -0.2) is 9.13 Å². The number of aliphatic hydroxyl groups is 1. The third-order valence-corrected chi connectivity index (χ3v) is 21.4. The number of hydrogen-bond donors (Lipinski definition) is 3. The predicted molar refractivity (Wildman–Crippen MR) is 418 cm³/mol. The van der Waals surface area contributed by atoms with Crippen LogP contribution in [-0.4, -0.2) is 96.7 Å². The van der Waals surface area contributed by atoms with Gasteiger partial charge in [0.2, 0.25) is 0 Å². The normalized spacial score (nSPS) is 13.9. The van der Waals surface area contributed by atoms with Gasteiger partial charge in [0.1, 0.15) is 19.3 Å². The largest absolute Gasteiger partial charge is 0.472 e. The smallest absolute Gasteiger partial charge is 0.462 e. The van der Waals surface area contributed by atoms with Crippen LogP contribution in [0.15, 0.2) is 0 Å². The molecule has 0 rings (SSSR count). The molecule has 19 heteroatoms. The molecule has 606 valence electrons. The zero-order chi connectivity index (χ0) is 74.9. The summed E-state index contributed by atoms with van der Waals surface area (Å²) in [5.74, 6) is -0.668. The minimum Gasteiger partial charge on any atom is -0.462 e. The van der Waals surface area contributed by atoms with Gasteiger partial charge in [-0.05, 0) is 37.5 Å². The van der Waals surface area contributed by atoms with Crippen molar-refractivity contribution in [2.75, 3.05) is 39.6 Å². The van der Waals surface area contributed by atoms with Crippen molar-refractivity contribution < 1.29 is 80.2 Å². The number of ether oxygens (including phenoxy) is 4. The summed E-state index contributed by atoms with van der Waals surface area (Å²) < 4.78 is 68.7. The third-order valence-electron chi connectivity index (χ3n) is 19.5. The average molecular weight is 1490 g/mol. The molecule has 0 bridgehead atoms. The maximum Gasteiger partial charge on any atom is 0.472 e. The van der Waals surface area contributed by atoms with Crippen LogP contribution in [0, 0.1) is 11.8 Å². The minimum absolute atomic E-state index is 0.105. The van der Waals surface area contributed by atoms with E-state index in [9.17, 15) is 43.2 Å². The Hall–Kier alpha value is -1.94. The maximum atomic E-state index is 13.1. The Morgan fingerprint density at radius 1 is 0.265 bits per heavy atom. The molecule has 0 fully saturated rings. The van der Waals surface area contributed by atoms with Crippen molar-refractivity contribution in [3.63, 3.8) is 0 Å². The standard InChI is InChI=1S/C83H162O17P2/c1-7-9-11-13-15-17-19-21-23-25-27-28-30-32-34-36-38-42-48-55-61-67-82(87)99-78(71-93-80(85)65-59-53-47-41-37-35-33-31-29-26-24-22-20-18-16-14-12-10-8-2)73-97-101(89,90)95-69-77(84)70-96-102(91,92)98-74-79(72-94-81(86)66-60-54-50-44-46-52-58-64-76(5)6)100-83(88)68-62-56-49-43-39-40-45-51-57-63-75(3)4/h75-79,84H,7-74H2,1-6H3,(H,89,90)(H,91,92)/t77-,78-,79-/m1/s1. The van der Waals surface area contributed by atoms with E-state index in [0.717, 1.165) is 102 Å². The second-order valence-electron chi connectivity index (χ2n) is 30.8. The van der Waals surface area contributed by atoms with E-state index in [4.69, 9.17) is 37.0 Å². The van der Waals surface area contributed by atoms with Gasteiger partial charge in [0.15, 0.2) is 12.2 Å². The molecule has 5 atom stereocenters. The molecule has 0 amide bonds. The van der Waals surface area contributed by atoms with Crippen LogP contribution in [0.4, 0.5) is 0 Å². The molecule has 0 aliphatic heterocycles. The van der Waals surface area contributed by atoms with Crippen LogP contribution >= 0.6 is 15.6 Å². The fourth-order valence-corrected chi connectivity index (χ4v) is 14.5. The van der Waals surface area contributed by atoms with Gasteiger partial charge in [-0.15, -0.1) is 0 Å². The summed E-state index contributed by atoms with van der Waals surface area (Å²) >= 11 is 0. The van der Waals surface area contributed by atoms with Crippen molar-refractivity contribution >= 4 is 39.5 Å². The molecule has 0 aliphatic rings. The fraction of sp³-hybridized carbons (Fsp3) is 0.952. The second kappa shape index (κ2) is 74.5. The average Bonchev–Trinajstić information content (AvgIpc) is 1.11. The highest BCUT2D eigenvalue weighted by Crippen LogP contribution is 2.45. The highest BCUT2D eigenvalue weighted by atomic mass is 31.2. The molecule has 102 heavy (non-hydrogen) atoms. The van der Waals surface area contributed by atoms with Gasteiger partial charge in [0, 0.05) is 25.7 Å². The lowest BCUT2D eigenvalue weighted by Gasteiger charge is -2.21. The Kier molecular flexibility index (Phi) is 73.1. The van der Waals surface area contributed by atoms with E-state index in [1.165, 1.54) is 250 Å². The Balaban J connectivity index is 5.21. The van der Waals surface area contributed by atoms with E-state index in [0.29, 0.717) is 31.6 Å². The lowest BCUT2D eigenvalue weighted by atomic mass is 10.0. The first-order valence-corrected chi connectivity index (χ1v) is 46.0. The summed E-state index contributed by atoms with van der Waals surface area (Å²) in [4.78, 5) is 73.0. The van der Waals surface area contributed by atoms with Crippen LogP contribution < -0.4 is 0 Å².